The van der Waals surface area contributed by atoms with E-state index in [0.717, 1.165) is 24.4 Å². The molecule has 2 aromatic rings. The molecular formula is C15H22N4. The molecule has 0 radical (unpaired) electrons. The first-order chi connectivity index (χ1) is 9.11. The Morgan fingerprint density at radius 3 is 2.84 bits per heavy atom. The monoisotopic (exact) mass is 258 g/mol. The van der Waals surface area contributed by atoms with Crippen LogP contribution < -0.4 is 5.32 Å². The third-order valence-corrected chi connectivity index (χ3v) is 3.46. The standard InChI is InChI=1S/C15H22N4/c1-5-13-7-6-8-16-15(13)9-17-11(2)14-10-19(4)18-12(14)3/h6-8,10-11,17H,5,9H2,1-4H3. The van der Waals surface area contributed by atoms with Gasteiger partial charge in [-0.3, -0.25) is 9.67 Å². The van der Waals surface area contributed by atoms with Gasteiger partial charge in [0.15, 0.2) is 0 Å². The van der Waals surface area contributed by atoms with Crippen LogP contribution in [0.2, 0.25) is 0 Å². The highest BCUT2D eigenvalue weighted by molar-refractivity contribution is 5.22. The third-order valence-electron chi connectivity index (χ3n) is 3.46. The van der Waals surface area contributed by atoms with Gasteiger partial charge >= 0.3 is 0 Å². The van der Waals surface area contributed by atoms with E-state index in [-0.39, 0.29) is 6.04 Å². The Morgan fingerprint density at radius 1 is 1.42 bits per heavy atom. The van der Waals surface area contributed by atoms with Crippen molar-refractivity contribution in [3.8, 4) is 0 Å². The summed E-state index contributed by atoms with van der Waals surface area (Å²) in [6.07, 6.45) is 4.95. The molecular weight excluding hydrogens is 236 g/mol. The fraction of sp³-hybridized carbons (Fsp3) is 0.467. The van der Waals surface area contributed by atoms with Gasteiger partial charge < -0.3 is 5.32 Å². The van der Waals surface area contributed by atoms with Crippen LogP contribution >= 0.6 is 0 Å². The SMILES string of the molecule is CCc1cccnc1CNC(C)c1cn(C)nc1C. The van der Waals surface area contributed by atoms with Crippen LogP contribution in [0.1, 0.15) is 42.4 Å². The van der Waals surface area contributed by atoms with Crippen molar-refractivity contribution in [1.82, 2.24) is 20.1 Å². The largest absolute Gasteiger partial charge is 0.304 e. The van der Waals surface area contributed by atoms with Gasteiger partial charge in [0.1, 0.15) is 0 Å². The molecule has 0 aliphatic carbocycles. The number of nitrogens with one attached hydrogen (secondary N) is 1. The van der Waals surface area contributed by atoms with Crippen LogP contribution in [0.15, 0.2) is 24.5 Å². The van der Waals surface area contributed by atoms with E-state index in [2.05, 4.69) is 41.5 Å². The van der Waals surface area contributed by atoms with Crippen molar-refractivity contribution < 1.29 is 0 Å². The molecule has 0 saturated carbocycles. The Bertz CT molecular complexity index is 545. The first-order valence-electron chi connectivity index (χ1n) is 6.78. The van der Waals surface area contributed by atoms with Gasteiger partial charge in [-0.25, -0.2) is 0 Å². The molecule has 0 aliphatic rings. The normalized spacial score (nSPS) is 12.6. The second-order valence-corrected chi connectivity index (χ2v) is 4.91. The minimum Gasteiger partial charge on any atom is -0.304 e. The highest BCUT2D eigenvalue weighted by Gasteiger charge is 2.12. The number of hydrogen-bond acceptors (Lipinski definition) is 3. The van der Waals surface area contributed by atoms with Gasteiger partial charge in [0.2, 0.25) is 0 Å². The molecule has 2 heterocycles. The number of aryl methyl sites for hydroxylation is 3. The van der Waals surface area contributed by atoms with Crippen LogP contribution in [0.25, 0.3) is 0 Å². The van der Waals surface area contributed by atoms with E-state index in [1.807, 2.05) is 30.9 Å². The van der Waals surface area contributed by atoms with Crippen molar-refractivity contribution in [2.45, 2.75) is 39.8 Å². The first-order valence-corrected chi connectivity index (χ1v) is 6.78. The van der Waals surface area contributed by atoms with Gasteiger partial charge in [-0.05, 0) is 31.9 Å². The summed E-state index contributed by atoms with van der Waals surface area (Å²) in [5, 5.41) is 7.91. The third kappa shape index (κ3) is 3.20. The lowest BCUT2D eigenvalue weighted by atomic mass is 10.1. The molecule has 0 amide bonds. The summed E-state index contributed by atoms with van der Waals surface area (Å²) >= 11 is 0. The molecule has 1 N–H and O–H groups in total. The summed E-state index contributed by atoms with van der Waals surface area (Å²) in [5.74, 6) is 0. The fourth-order valence-electron chi connectivity index (χ4n) is 2.36. The zero-order chi connectivity index (χ0) is 13.8. The molecule has 1 atom stereocenters. The summed E-state index contributed by atoms with van der Waals surface area (Å²) in [6, 6.07) is 4.42. The maximum Gasteiger partial charge on any atom is 0.0641 e. The summed E-state index contributed by atoms with van der Waals surface area (Å²) in [7, 11) is 1.96. The van der Waals surface area contributed by atoms with Gasteiger partial charge in [-0.1, -0.05) is 13.0 Å². The van der Waals surface area contributed by atoms with Crippen molar-refractivity contribution >= 4 is 0 Å². The van der Waals surface area contributed by atoms with Gasteiger partial charge in [0.05, 0.1) is 11.4 Å². The smallest absolute Gasteiger partial charge is 0.0641 e. The van der Waals surface area contributed by atoms with E-state index < -0.39 is 0 Å². The molecule has 4 nitrogen and oxygen atoms in total. The first kappa shape index (κ1) is 13.7. The molecule has 0 aromatic carbocycles. The Balaban J connectivity index is 2.04. The van der Waals surface area contributed by atoms with Crippen LogP contribution in [0, 0.1) is 6.92 Å². The fourth-order valence-corrected chi connectivity index (χ4v) is 2.36. The average molecular weight is 258 g/mol. The Labute approximate surface area is 114 Å². The van der Waals surface area contributed by atoms with Crippen LogP contribution in [0.3, 0.4) is 0 Å². The lowest BCUT2D eigenvalue weighted by Gasteiger charge is -2.14. The van der Waals surface area contributed by atoms with Crippen LogP contribution in [-0.4, -0.2) is 14.8 Å². The van der Waals surface area contributed by atoms with Gasteiger partial charge in [0.25, 0.3) is 0 Å². The highest BCUT2D eigenvalue weighted by atomic mass is 15.3. The maximum atomic E-state index is 4.46. The number of aromatic nitrogens is 3. The molecule has 0 saturated heterocycles. The van der Waals surface area contributed by atoms with Crippen molar-refractivity contribution in [2.75, 3.05) is 0 Å². The Morgan fingerprint density at radius 2 is 2.21 bits per heavy atom. The average Bonchev–Trinajstić information content (AvgIpc) is 2.75. The van der Waals surface area contributed by atoms with E-state index in [4.69, 9.17) is 0 Å². The zero-order valence-electron chi connectivity index (χ0n) is 12.1. The highest BCUT2D eigenvalue weighted by Crippen LogP contribution is 2.16. The van der Waals surface area contributed by atoms with Crippen molar-refractivity contribution in [3.63, 3.8) is 0 Å². The van der Waals surface area contributed by atoms with Gasteiger partial charge in [-0.15, -0.1) is 0 Å². The second kappa shape index (κ2) is 5.97. The summed E-state index contributed by atoms with van der Waals surface area (Å²) < 4.78 is 1.86. The quantitative estimate of drug-likeness (QED) is 0.896. The Kier molecular flexibility index (Phi) is 4.32. The van der Waals surface area contributed by atoms with Crippen molar-refractivity contribution in [1.29, 1.82) is 0 Å². The number of hydrogen-bond donors (Lipinski definition) is 1. The molecule has 2 rings (SSSR count). The maximum absolute atomic E-state index is 4.46. The summed E-state index contributed by atoms with van der Waals surface area (Å²) in [5.41, 5.74) is 4.78. The molecule has 1 unspecified atom stereocenters. The molecule has 0 fully saturated rings. The molecule has 0 spiro atoms. The van der Waals surface area contributed by atoms with E-state index >= 15 is 0 Å². The van der Waals surface area contributed by atoms with Crippen LogP contribution in [-0.2, 0) is 20.0 Å². The van der Waals surface area contributed by atoms with Crippen LogP contribution in [0.4, 0.5) is 0 Å². The van der Waals surface area contributed by atoms with E-state index in [9.17, 15) is 0 Å². The zero-order valence-corrected chi connectivity index (χ0v) is 12.1. The number of rotatable bonds is 5. The topological polar surface area (TPSA) is 42.7 Å². The lowest BCUT2D eigenvalue weighted by Crippen LogP contribution is -2.20. The minimum atomic E-state index is 0.278. The molecule has 2 aromatic heterocycles. The Hall–Kier alpha value is -1.68. The molecule has 19 heavy (non-hydrogen) atoms. The summed E-state index contributed by atoms with van der Waals surface area (Å²) in [6.45, 7) is 7.17. The number of nitrogens with zero attached hydrogens (tertiary/aromatic N) is 3. The van der Waals surface area contributed by atoms with Gasteiger partial charge in [0, 0.05) is 37.6 Å². The van der Waals surface area contributed by atoms with Crippen molar-refractivity contribution in [3.05, 3.63) is 47.0 Å². The van der Waals surface area contributed by atoms with Crippen LogP contribution in [0.5, 0.6) is 0 Å². The number of pyridine rings is 1. The molecule has 102 valence electrons. The minimum absolute atomic E-state index is 0.278. The predicted octanol–water partition coefficient (Wildman–Crippen LogP) is 2.54. The predicted molar refractivity (Wildman–Crippen MR) is 76.8 cm³/mol. The molecule has 0 aliphatic heterocycles. The van der Waals surface area contributed by atoms with Crippen molar-refractivity contribution in [2.24, 2.45) is 7.05 Å². The van der Waals surface area contributed by atoms with E-state index in [1.165, 1.54) is 11.1 Å². The van der Waals surface area contributed by atoms with E-state index in [0.29, 0.717) is 0 Å². The van der Waals surface area contributed by atoms with Gasteiger partial charge in [-0.2, -0.15) is 5.10 Å². The lowest BCUT2D eigenvalue weighted by molar-refractivity contribution is 0.562. The van der Waals surface area contributed by atoms with E-state index in [1.54, 1.807) is 0 Å². The molecule has 4 heteroatoms. The second-order valence-electron chi connectivity index (χ2n) is 4.91. The summed E-state index contributed by atoms with van der Waals surface area (Å²) in [4.78, 5) is 4.46. The molecule has 0 bridgehead atoms.